The predicted molar refractivity (Wildman–Crippen MR) is 74.9 cm³/mol. The Balaban J connectivity index is 1.87. The van der Waals surface area contributed by atoms with Gasteiger partial charge in [0.25, 0.3) is 11.8 Å². The molecule has 0 bridgehead atoms. The Morgan fingerprint density at radius 1 is 1.19 bits per heavy atom. The van der Waals surface area contributed by atoms with Crippen LogP contribution < -0.4 is 5.32 Å². The lowest BCUT2D eigenvalue weighted by atomic mass is 10.1. The molecule has 3 rings (SSSR count). The number of nitrogens with one attached hydrogen (secondary N) is 1. The molecule has 3 heterocycles. The highest BCUT2D eigenvalue weighted by molar-refractivity contribution is 6.10. The fourth-order valence-corrected chi connectivity index (χ4v) is 2.23. The van der Waals surface area contributed by atoms with Crippen LogP contribution in [-0.4, -0.2) is 49.4 Å². The zero-order valence-corrected chi connectivity index (χ0v) is 11.9. The Morgan fingerprint density at radius 3 is 2.52 bits per heavy atom. The predicted octanol–water partition coefficient (Wildman–Crippen LogP) is 0.252. The molecule has 0 spiro atoms. The highest BCUT2D eigenvalue weighted by Crippen LogP contribution is 2.17. The lowest BCUT2D eigenvalue weighted by molar-refractivity contribution is 0.0648. The Bertz CT molecular complexity index is 697. The van der Waals surface area contributed by atoms with Crippen molar-refractivity contribution in [1.82, 2.24) is 24.5 Å². The van der Waals surface area contributed by atoms with E-state index in [1.54, 1.807) is 35.9 Å². The summed E-state index contributed by atoms with van der Waals surface area (Å²) in [5.74, 6) is 0.0375. The molecule has 0 aliphatic carbocycles. The molecule has 2 aromatic rings. The van der Waals surface area contributed by atoms with E-state index in [2.05, 4.69) is 15.5 Å². The molecule has 1 aliphatic rings. The Kier molecular flexibility index (Phi) is 3.20. The summed E-state index contributed by atoms with van der Waals surface area (Å²) in [6, 6.07) is 1.69. The van der Waals surface area contributed by atoms with E-state index in [1.165, 1.54) is 10.9 Å². The fraction of sp³-hybridized carbons (Fsp3) is 0.385. The molecular weight excluding hydrogens is 272 g/mol. The van der Waals surface area contributed by atoms with E-state index in [0.717, 1.165) is 19.5 Å². The molecule has 0 saturated carbocycles. The van der Waals surface area contributed by atoms with Gasteiger partial charge in [0.15, 0.2) is 0 Å². The third-order valence-corrected chi connectivity index (χ3v) is 3.59. The van der Waals surface area contributed by atoms with Crippen LogP contribution in [-0.2, 0) is 14.1 Å². The van der Waals surface area contributed by atoms with Gasteiger partial charge in [0.2, 0.25) is 0 Å². The first kappa shape index (κ1) is 13.3. The first-order chi connectivity index (χ1) is 10.1. The van der Waals surface area contributed by atoms with Crippen LogP contribution >= 0.6 is 0 Å². The maximum atomic E-state index is 12.4. The van der Waals surface area contributed by atoms with E-state index < -0.39 is 0 Å². The highest BCUT2D eigenvalue weighted by Gasteiger charge is 2.28. The monoisotopic (exact) mass is 288 g/mol. The average Bonchev–Trinajstić information content (AvgIpc) is 2.94. The second kappa shape index (κ2) is 5.04. The minimum Gasteiger partial charge on any atom is -0.338 e. The Labute approximate surface area is 121 Å². The number of anilines is 1. The van der Waals surface area contributed by atoms with Gasteiger partial charge in [0.05, 0.1) is 18.0 Å². The minimum absolute atomic E-state index is 0.149. The summed E-state index contributed by atoms with van der Waals surface area (Å²) in [6.07, 6.45) is 4.03. The van der Waals surface area contributed by atoms with Crippen molar-refractivity contribution in [3.05, 3.63) is 29.7 Å². The number of hydrogen-bond acceptors (Lipinski definition) is 4. The van der Waals surface area contributed by atoms with Crippen molar-refractivity contribution in [1.29, 1.82) is 0 Å². The van der Waals surface area contributed by atoms with Crippen LogP contribution in [0.15, 0.2) is 18.5 Å². The number of carbonyl (C=O) groups is 2. The van der Waals surface area contributed by atoms with Crippen molar-refractivity contribution >= 4 is 17.6 Å². The summed E-state index contributed by atoms with van der Waals surface area (Å²) in [5.41, 5.74) is 0.588. The zero-order valence-electron chi connectivity index (χ0n) is 11.9. The lowest BCUT2D eigenvalue weighted by Crippen LogP contribution is -2.42. The van der Waals surface area contributed by atoms with Crippen molar-refractivity contribution < 1.29 is 9.59 Å². The molecule has 2 aromatic heterocycles. The molecule has 1 fully saturated rings. The topological polar surface area (TPSA) is 85.1 Å². The van der Waals surface area contributed by atoms with Crippen LogP contribution in [0.1, 0.15) is 27.3 Å². The van der Waals surface area contributed by atoms with E-state index in [-0.39, 0.29) is 17.5 Å². The first-order valence-corrected chi connectivity index (χ1v) is 6.68. The summed E-state index contributed by atoms with van der Waals surface area (Å²) < 4.78 is 2.96. The smallest absolute Gasteiger partial charge is 0.275 e. The van der Waals surface area contributed by atoms with Gasteiger partial charge in [-0.15, -0.1) is 0 Å². The van der Waals surface area contributed by atoms with Gasteiger partial charge in [-0.3, -0.25) is 19.0 Å². The third kappa shape index (κ3) is 2.28. The molecule has 1 saturated heterocycles. The van der Waals surface area contributed by atoms with Crippen LogP contribution in [0.25, 0.3) is 0 Å². The van der Waals surface area contributed by atoms with Crippen LogP contribution in [0, 0.1) is 0 Å². The summed E-state index contributed by atoms with van der Waals surface area (Å²) in [6.45, 7) is 1.47. The van der Waals surface area contributed by atoms with Crippen molar-refractivity contribution in [3.63, 3.8) is 0 Å². The number of likely N-dealkylation sites (tertiary alicyclic amines) is 1. The molecule has 0 unspecified atom stereocenters. The van der Waals surface area contributed by atoms with Crippen LogP contribution in [0.2, 0.25) is 0 Å². The number of hydrogen-bond donors (Lipinski definition) is 1. The van der Waals surface area contributed by atoms with Gasteiger partial charge in [-0.25, -0.2) is 0 Å². The molecule has 8 heteroatoms. The van der Waals surface area contributed by atoms with Gasteiger partial charge in [-0.05, 0) is 6.42 Å². The Hall–Kier alpha value is -2.64. The number of aryl methyl sites for hydroxylation is 2. The number of carbonyl (C=O) groups excluding carboxylic acids is 2. The summed E-state index contributed by atoms with van der Waals surface area (Å²) in [4.78, 5) is 26.4. The van der Waals surface area contributed by atoms with Crippen LogP contribution in [0.5, 0.6) is 0 Å². The number of aromatic nitrogens is 4. The molecule has 1 aliphatic heterocycles. The maximum Gasteiger partial charge on any atom is 0.275 e. The number of rotatable bonds is 3. The summed E-state index contributed by atoms with van der Waals surface area (Å²) >= 11 is 0. The standard InChI is InChI=1S/C13H16N6O2/c1-17-10(4-5-14-17)16-12(20)11-9(8-15-18(11)2)13(21)19-6-3-7-19/h4-5,8H,3,6-7H2,1-2H3,(H,16,20). The summed E-state index contributed by atoms with van der Waals surface area (Å²) in [7, 11) is 3.37. The number of amides is 2. The van der Waals surface area contributed by atoms with Gasteiger partial charge in [0.1, 0.15) is 11.5 Å². The molecule has 0 radical (unpaired) electrons. The molecule has 0 atom stereocenters. The largest absolute Gasteiger partial charge is 0.338 e. The lowest BCUT2D eigenvalue weighted by Gasteiger charge is -2.30. The van der Waals surface area contributed by atoms with Crippen molar-refractivity contribution in [3.8, 4) is 0 Å². The molecule has 2 amide bonds. The highest BCUT2D eigenvalue weighted by atomic mass is 16.2. The molecule has 0 aromatic carbocycles. The molecule has 1 N–H and O–H groups in total. The molecular formula is C13H16N6O2. The summed E-state index contributed by atoms with van der Waals surface area (Å²) in [5, 5.41) is 10.8. The van der Waals surface area contributed by atoms with Gasteiger partial charge >= 0.3 is 0 Å². The molecule has 8 nitrogen and oxygen atoms in total. The second-order valence-corrected chi connectivity index (χ2v) is 4.97. The van der Waals surface area contributed by atoms with Crippen molar-refractivity contribution in [2.75, 3.05) is 18.4 Å². The Morgan fingerprint density at radius 2 is 1.95 bits per heavy atom. The van der Waals surface area contributed by atoms with Crippen LogP contribution in [0.3, 0.4) is 0 Å². The molecule has 21 heavy (non-hydrogen) atoms. The van der Waals surface area contributed by atoms with Gasteiger partial charge in [-0.1, -0.05) is 0 Å². The fourth-order valence-electron chi connectivity index (χ4n) is 2.23. The maximum absolute atomic E-state index is 12.4. The zero-order chi connectivity index (χ0) is 15.0. The molecule has 110 valence electrons. The minimum atomic E-state index is -0.373. The van der Waals surface area contributed by atoms with Gasteiger partial charge in [0, 0.05) is 33.3 Å². The quantitative estimate of drug-likeness (QED) is 0.877. The van der Waals surface area contributed by atoms with Crippen LogP contribution in [0.4, 0.5) is 5.82 Å². The van der Waals surface area contributed by atoms with E-state index in [0.29, 0.717) is 11.4 Å². The van der Waals surface area contributed by atoms with E-state index in [1.807, 2.05) is 0 Å². The van der Waals surface area contributed by atoms with Crippen molar-refractivity contribution in [2.45, 2.75) is 6.42 Å². The SMILES string of the molecule is Cn1nccc1NC(=O)c1c(C(=O)N2CCC2)cnn1C. The van der Waals surface area contributed by atoms with Gasteiger partial charge in [-0.2, -0.15) is 10.2 Å². The van der Waals surface area contributed by atoms with E-state index in [4.69, 9.17) is 0 Å². The van der Waals surface area contributed by atoms with E-state index in [9.17, 15) is 9.59 Å². The van der Waals surface area contributed by atoms with Gasteiger partial charge < -0.3 is 10.2 Å². The van der Waals surface area contributed by atoms with Crippen molar-refractivity contribution in [2.24, 2.45) is 14.1 Å². The normalized spacial score (nSPS) is 13.9. The number of nitrogens with zero attached hydrogens (tertiary/aromatic N) is 5. The van der Waals surface area contributed by atoms with E-state index >= 15 is 0 Å². The first-order valence-electron chi connectivity index (χ1n) is 6.68. The average molecular weight is 288 g/mol. The third-order valence-electron chi connectivity index (χ3n) is 3.59. The second-order valence-electron chi connectivity index (χ2n) is 4.97.